The van der Waals surface area contributed by atoms with Gasteiger partial charge in [0.1, 0.15) is 0 Å². The second-order valence-corrected chi connectivity index (χ2v) is 6.08. The Morgan fingerprint density at radius 3 is 2.06 bits per heavy atom. The van der Waals surface area contributed by atoms with Gasteiger partial charge in [-0.25, -0.2) is 0 Å². The van der Waals surface area contributed by atoms with Gasteiger partial charge in [0, 0.05) is 31.6 Å². The van der Waals surface area contributed by atoms with Crippen LogP contribution < -0.4 is 5.73 Å². The fourth-order valence-corrected chi connectivity index (χ4v) is 2.43. The van der Waals surface area contributed by atoms with Gasteiger partial charge in [-0.15, -0.1) is 0 Å². The lowest BCUT2D eigenvalue weighted by molar-refractivity contribution is 0.129. The molecule has 4 nitrogen and oxygen atoms in total. The van der Waals surface area contributed by atoms with E-state index < -0.39 is 0 Å². The number of nitrogens with one attached hydrogen (secondary N) is 1. The van der Waals surface area contributed by atoms with E-state index in [4.69, 9.17) is 11.1 Å². The molecule has 0 aromatic rings. The zero-order chi connectivity index (χ0) is 13.6. The van der Waals surface area contributed by atoms with Gasteiger partial charge >= 0.3 is 0 Å². The van der Waals surface area contributed by atoms with Crippen molar-refractivity contribution in [2.75, 3.05) is 39.3 Å². The molecule has 0 spiro atoms. The van der Waals surface area contributed by atoms with Gasteiger partial charge in [-0.05, 0) is 32.4 Å². The molecule has 4 heteroatoms. The van der Waals surface area contributed by atoms with Crippen LogP contribution in [0.25, 0.3) is 0 Å². The Labute approximate surface area is 112 Å². The molecule has 1 aliphatic rings. The number of hydrogen-bond donors (Lipinski definition) is 2. The maximum Gasteiger partial charge on any atom is 0.0963 e. The lowest BCUT2D eigenvalue weighted by atomic mass is 9.86. The highest BCUT2D eigenvalue weighted by Gasteiger charge is 2.22. The first-order valence-corrected chi connectivity index (χ1v) is 7.25. The van der Waals surface area contributed by atoms with Crippen molar-refractivity contribution in [1.82, 2.24) is 9.80 Å². The number of nitrogens with two attached hydrogens (primary N) is 1. The van der Waals surface area contributed by atoms with Crippen molar-refractivity contribution in [1.29, 1.82) is 5.41 Å². The van der Waals surface area contributed by atoms with E-state index in [0.29, 0.717) is 5.84 Å². The summed E-state index contributed by atoms with van der Waals surface area (Å²) in [6.45, 7) is 13.6. The molecule has 18 heavy (non-hydrogen) atoms. The SMILES string of the molecule is CCCN1CCN(CCCC(C)(C)C(=N)N)CC1. The molecule has 0 atom stereocenters. The predicted octanol–water partition coefficient (Wildman–Crippen LogP) is 1.76. The van der Waals surface area contributed by atoms with Crippen LogP contribution in [0, 0.1) is 10.8 Å². The van der Waals surface area contributed by atoms with Crippen LogP contribution in [-0.2, 0) is 0 Å². The minimum Gasteiger partial charge on any atom is -0.387 e. The molecule has 0 aliphatic carbocycles. The van der Waals surface area contributed by atoms with E-state index in [-0.39, 0.29) is 5.41 Å². The maximum absolute atomic E-state index is 7.55. The van der Waals surface area contributed by atoms with Gasteiger partial charge in [-0.1, -0.05) is 20.8 Å². The number of nitrogens with zero attached hydrogens (tertiary/aromatic N) is 2. The van der Waals surface area contributed by atoms with Gasteiger partial charge in [-0.2, -0.15) is 0 Å². The molecule has 0 amide bonds. The van der Waals surface area contributed by atoms with E-state index in [1.807, 2.05) is 0 Å². The zero-order valence-electron chi connectivity index (χ0n) is 12.3. The first kappa shape index (κ1) is 15.4. The molecule has 0 aromatic heterocycles. The molecule has 0 bridgehead atoms. The average Bonchev–Trinajstić information content (AvgIpc) is 2.31. The van der Waals surface area contributed by atoms with Crippen molar-refractivity contribution in [3.8, 4) is 0 Å². The quantitative estimate of drug-likeness (QED) is 0.537. The van der Waals surface area contributed by atoms with Crippen LogP contribution in [0.2, 0.25) is 0 Å². The predicted molar refractivity (Wildman–Crippen MR) is 78.1 cm³/mol. The Balaban J connectivity index is 2.16. The normalized spacial score (nSPS) is 19.1. The molecule has 0 saturated carbocycles. The maximum atomic E-state index is 7.55. The van der Waals surface area contributed by atoms with Crippen LogP contribution in [0.3, 0.4) is 0 Å². The Bertz CT molecular complexity index is 255. The molecule has 1 saturated heterocycles. The lowest BCUT2D eigenvalue weighted by Gasteiger charge is -2.35. The largest absolute Gasteiger partial charge is 0.387 e. The smallest absolute Gasteiger partial charge is 0.0963 e. The van der Waals surface area contributed by atoms with Crippen LogP contribution >= 0.6 is 0 Å². The van der Waals surface area contributed by atoms with E-state index in [0.717, 1.165) is 19.4 Å². The van der Waals surface area contributed by atoms with E-state index in [1.165, 1.54) is 39.1 Å². The monoisotopic (exact) mass is 254 g/mol. The summed E-state index contributed by atoms with van der Waals surface area (Å²) in [7, 11) is 0. The number of hydrogen-bond acceptors (Lipinski definition) is 3. The fraction of sp³-hybridized carbons (Fsp3) is 0.929. The van der Waals surface area contributed by atoms with Gasteiger partial charge in [0.05, 0.1) is 5.84 Å². The summed E-state index contributed by atoms with van der Waals surface area (Å²) in [5, 5.41) is 7.55. The molecule has 0 aromatic carbocycles. The number of piperazine rings is 1. The highest BCUT2D eigenvalue weighted by atomic mass is 15.3. The van der Waals surface area contributed by atoms with Crippen LogP contribution in [0.5, 0.6) is 0 Å². The second-order valence-electron chi connectivity index (χ2n) is 6.08. The highest BCUT2D eigenvalue weighted by molar-refractivity contribution is 5.82. The van der Waals surface area contributed by atoms with Crippen molar-refractivity contribution < 1.29 is 0 Å². The molecule has 1 rings (SSSR count). The van der Waals surface area contributed by atoms with Gasteiger partial charge in [0.15, 0.2) is 0 Å². The molecule has 0 unspecified atom stereocenters. The van der Waals surface area contributed by atoms with Crippen molar-refractivity contribution >= 4 is 5.84 Å². The third kappa shape index (κ3) is 4.94. The van der Waals surface area contributed by atoms with Gasteiger partial charge < -0.3 is 15.5 Å². The Morgan fingerprint density at radius 1 is 1.11 bits per heavy atom. The first-order valence-electron chi connectivity index (χ1n) is 7.25. The fourth-order valence-electron chi connectivity index (χ4n) is 2.43. The summed E-state index contributed by atoms with van der Waals surface area (Å²) in [5.41, 5.74) is 5.47. The van der Waals surface area contributed by atoms with Gasteiger partial charge in [0.25, 0.3) is 0 Å². The van der Waals surface area contributed by atoms with Gasteiger partial charge in [0.2, 0.25) is 0 Å². The van der Waals surface area contributed by atoms with Gasteiger partial charge in [-0.3, -0.25) is 5.41 Å². The summed E-state index contributed by atoms with van der Waals surface area (Å²) in [5.74, 6) is 0.315. The van der Waals surface area contributed by atoms with E-state index in [1.54, 1.807) is 0 Å². The van der Waals surface area contributed by atoms with Crippen molar-refractivity contribution in [2.24, 2.45) is 11.1 Å². The summed E-state index contributed by atoms with van der Waals surface area (Å²) >= 11 is 0. The lowest BCUT2D eigenvalue weighted by Crippen LogP contribution is -2.46. The molecule has 1 fully saturated rings. The highest BCUT2D eigenvalue weighted by Crippen LogP contribution is 2.21. The minimum atomic E-state index is -0.135. The minimum absolute atomic E-state index is 0.135. The third-order valence-corrected chi connectivity index (χ3v) is 4.01. The van der Waals surface area contributed by atoms with Crippen LogP contribution in [0.15, 0.2) is 0 Å². The van der Waals surface area contributed by atoms with Crippen molar-refractivity contribution in [2.45, 2.75) is 40.0 Å². The molecule has 1 aliphatic heterocycles. The summed E-state index contributed by atoms with van der Waals surface area (Å²) in [6, 6.07) is 0. The average molecular weight is 254 g/mol. The van der Waals surface area contributed by atoms with Crippen molar-refractivity contribution in [3.05, 3.63) is 0 Å². The van der Waals surface area contributed by atoms with Crippen molar-refractivity contribution in [3.63, 3.8) is 0 Å². The molecule has 1 heterocycles. The van der Waals surface area contributed by atoms with E-state index in [9.17, 15) is 0 Å². The van der Waals surface area contributed by atoms with Crippen LogP contribution in [0.4, 0.5) is 0 Å². The molecule has 106 valence electrons. The second kappa shape index (κ2) is 7.10. The standard InChI is InChI=1S/C14H30N4/c1-4-7-17-9-11-18(12-10-17)8-5-6-14(2,3)13(15)16/h4-12H2,1-3H3,(H3,15,16). The summed E-state index contributed by atoms with van der Waals surface area (Å²) < 4.78 is 0. The zero-order valence-corrected chi connectivity index (χ0v) is 12.3. The molecule has 0 radical (unpaired) electrons. The Kier molecular flexibility index (Phi) is 6.09. The summed E-state index contributed by atoms with van der Waals surface area (Å²) in [6.07, 6.45) is 3.41. The first-order chi connectivity index (χ1) is 8.45. The molecular formula is C14H30N4. The molecular weight excluding hydrogens is 224 g/mol. The topological polar surface area (TPSA) is 56.4 Å². The Hall–Kier alpha value is -0.610. The van der Waals surface area contributed by atoms with E-state index >= 15 is 0 Å². The van der Waals surface area contributed by atoms with Crippen LogP contribution in [-0.4, -0.2) is 54.9 Å². The Morgan fingerprint density at radius 2 is 1.61 bits per heavy atom. The number of amidine groups is 1. The van der Waals surface area contributed by atoms with E-state index in [2.05, 4.69) is 30.6 Å². The number of rotatable bonds is 7. The summed E-state index contributed by atoms with van der Waals surface area (Å²) in [4.78, 5) is 5.10. The van der Waals surface area contributed by atoms with Crippen LogP contribution in [0.1, 0.15) is 40.0 Å². The third-order valence-electron chi connectivity index (χ3n) is 4.01. The molecule has 3 N–H and O–H groups in total.